The number of carboxylic acid groups (broad SMARTS) is 1. The lowest BCUT2D eigenvalue weighted by Gasteiger charge is -2.09. The Morgan fingerprint density at radius 1 is 1.25 bits per heavy atom. The van der Waals surface area contributed by atoms with Gasteiger partial charge in [-0.1, -0.05) is 24.3 Å². The molecule has 24 heavy (non-hydrogen) atoms. The van der Waals surface area contributed by atoms with Crippen LogP contribution in [0.15, 0.2) is 41.2 Å². The van der Waals surface area contributed by atoms with Crippen molar-refractivity contribution in [2.45, 2.75) is 12.8 Å². The Hall–Kier alpha value is -3.15. The predicted molar refractivity (Wildman–Crippen MR) is 87.8 cm³/mol. The number of aromatic amines is 1. The molecule has 0 saturated carbocycles. The molecular formula is C18H14N2O4. The summed E-state index contributed by atoms with van der Waals surface area (Å²) in [7, 11) is 0. The Morgan fingerprint density at radius 3 is 2.83 bits per heavy atom. The Kier molecular flexibility index (Phi) is 3.30. The molecule has 0 fully saturated rings. The SMILES string of the molecule is O=C(O)c1cc(Cc2n[nH]c(=O)c3ccccc23)cc2c1OCC2. The molecule has 0 unspecified atom stereocenters. The summed E-state index contributed by atoms with van der Waals surface area (Å²) < 4.78 is 5.44. The maximum absolute atomic E-state index is 11.9. The van der Waals surface area contributed by atoms with Gasteiger partial charge >= 0.3 is 5.97 Å². The van der Waals surface area contributed by atoms with Crippen LogP contribution in [0.25, 0.3) is 10.8 Å². The van der Waals surface area contributed by atoms with Gasteiger partial charge in [0.15, 0.2) is 0 Å². The van der Waals surface area contributed by atoms with Gasteiger partial charge < -0.3 is 9.84 Å². The number of carbonyl (C=O) groups is 1. The number of aromatic nitrogens is 2. The minimum Gasteiger partial charge on any atom is -0.492 e. The van der Waals surface area contributed by atoms with E-state index in [1.165, 1.54) is 0 Å². The molecule has 1 aromatic heterocycles. The van der Waals surface area contributed by atoms with Crippen molar-refractivity contribution in [1.82, 2.24) is 10.2 Å². The Morgan fingerprint density at radius 2 is 2.04 bits per heavy atom. The van der Waals surface area contributed by atoms with Crippen LogP contribution in [0.2, 0.25) is 0 Å². The van der Waals surface area contributed by atoms with E-state index >= 15 is 0 Å². The normalized spacial score (nSPS) is 12.8. The van der Waals surface area contributed by atoms with Crippen molar-refractivity contribution >= 4 is 16.7 Å². The highest BCUT2D eigenvalue weighted by atomic mass is 16.5. The van der Waals surface area contributed by atoms with E-state index in [4.69, 9.17) is 4.74 Å². The maximum atomic E-state index is 11.9. The molecule has 3 aromatic rings. The topological polar surface area (TPSA) is 92.3 Å². The average molecular weight is 322 g/mol. The Labute approximate surface area is 136 Å². The van der Waals surface area contributed by atoms with Crippen molar-refractivity contribution < 1.29 is 14.6 Å². The lowest BCUT2D eigenvalue weighted by molar-refractivity contribution is 0.0693. The fourth-order valence-corrected chi connectivity index (χ4v) is 3.13. The fourth-order valence-electron chi connectivity index (χ4n) is 3.13. The number of nitrogens with one attached hydrogen (secondary N) is 1. The number of aromatic carboxylic acids is 1. The summed E-state index contributed by atoms with van der Waals surface area (Å²) in [6.07, 6.45) is 1.13. The quantitative estimate of drug-likeness (QED) is 0.771. The highest BCUT2D eigenvalue weighted by Gasteiger charge is 2.22. The monoisotopic (exact) mass is 322 g/mol. The highest BCUT2D eigenvalue weighted by molar-refractivity contribution is 5.92. The van der Waals surface area contributed by atoms with Crippen molar-refractivity contribution in [1.29, 1.82) is 0 Å². The number of fused-ring (bicyclic) bond motifs is 2. The summed E-state index contributed by atoms with van der Waals surface area (Å²) in [5.74, 6) is -0.542. The number of H-pyrrole nitrogens is 1. The zero-order valence-electron chi connectivity index (χ0n) is 12.7. The van der Waals surface area contributed by atoms with Crippen LogP contribution in [-0.4, -0.2) is 27.9 Å². The molecular weight excluding hydrogens is 308 g/mol. The van der Waals surface area contributed by atoms with E-state index in [-0.39, 0.29) is 11.1 Å². The minimum absolute atomic E-state index is 0.175. The molecule has 4 rings (SSSR count). The first-order valence-corrected chi connectivity index (χ1v) is 7.61. The standard InChI is InChI=1S/C18H14N2O4/c21-17-13-4-2-1-3-12(13)15(19-20-17)9-10-7-11-5-6-24-16(11)14(8-10)18(22)23/h1-4,7-8H,5-6,9H2,(H,20,21)(H,22,23). The molecule has 0 amide bonds. The van der Waals surface area contributed by atoms with Crippen LogP contribution in [-0.2, 0) is 12.8 Å². The average Bonchev–Trinajstić information content (AvgIpc) is 3.05. The summed E-state index contributed by atoms with van der Waals surface area (Å²) in [6, 6.07) is 10.8. The van der Waals surface area contributed by atoms with Crippen molar-refractivity contribution in [3.05, 3.63) is 69.1 Å². The van der Waals surface area contributed by atoms with E-state index in [2.05, 4.69) is 10.2 Å². The van der Waals surface area contributed by atoms with Gasteiger partial charge in [0.2, 0.25) is 0 Å². The maximum Gasteiger partial charge on any atom is 0.339 e. The van der Waals surface area contributed by atoms with E-state index < -0.39 is 5.97 Å². The number of hydrogen-bond donors (Lipinski definition) is 2. The fraction of sp³-hybridized carbons (Fsp3) is 0.167. The second-order valence-corrected chi connectivity index (χ2v) is 5.76. The van der Waals surface area contributed by atoms with E-state index in [0.29, 0.717) is 36.3 Å². The van der Waals surface area contributed by atoms with Crippen LogP contribution in [0.4, 0.5) is 0 Å². The van der Waals surface area contributed by atoms with Gasteiger partial charge in [0.1, 0.15) is 11.3 Å². The summed E-state index contributed by atoms with van der Waals surface area (Å²) in [5.41, 5.74) is 2.39. The van der Waals surface area contributed by atoms with Gasteiger partial charge in [0.25, 0.3) is 5.56 Å². The lowest BCUT2D eigenvalue weighted by atomic mass is 9.98. The molecule has 1 aliphatic rings. The van der Waals surface area contributed by atoms with Crippen LogP contribution in [0.5, 0.6) is 5.75 Å². The van der Waals surface area contributed by atoms with E-state index in [0.717, 1.165) is 16.5 Å². The second-order valence-electron chi connectivity index (χ2n) is 5.76. The number of hydrogen-bond acceptors (Lipinski definition) is 4. The smallest absolute Gasteiger partial charge is 0.339 e. The Balaban J connectivity index is 1.82. The summed E-state index contributed by atoms with van der Waals surface area (Å²) in [4.78, 5) is 23.3. The van der Waals surface area contributed by atoms with Gasteiger partial charge in [-0.25, -0.2) is 9.89 Å². The largest absolute Gasteiger partial charge is 0.492 e. The van der Waals surface area contributed by atoms with Crippen LogP contribution < -0.4 is 10.3 Å². The third-order valence-electron chi connectivity index (χ3n) is 4.22. The van der Waals surface area contributed by atoms with Crippen LogP contribution in [0.3, 0.4) is 0 Å². The van der Waals surface area contributed by atoms with Crippen molar-refractivity contribution in [2.75, 3.05) is 6.61 Å². The molecule has 6 heteroatoms. The number of ether oxygens (including phenoxy) is 1. The van der Waals surface area contributed by atoms with Gasteiger partial charge in [-0.05, 0) is 23.3 Å². The first-order chi connectivity index (χ1) is 11.6. The molecule has 0 atom stereocenters. The first-order valence-electron chi connectivity index (χ1n) is 7.61. The van der Waals surface area contributed by atoms with Crippen molar-refractivity contribution in [2.24, 2.45) is 0 Å². The van der Waals surface area contributed by atoms with Gasteiger partial charge in [0, 0.05) is 18.2 Å². The predicted octanol–water partition coefficient (Wildman–Crippen LogP) is 2.15. The molecule has 120 valence electrons. The minimum atomic E-state index is -1.01. The number of carboxylic acids is 1. The molecule has 0 radical (unpaired) electrons. The molecule has 0 saturated heterocycles. The highest BCUT2D eigenvalue weighted by Crippen LogP contribution is 2.32. The van der Waals surface area contributed by atoms with E-state index in [1.807, 2.05) is 18.2 Å². The zero-order chi connectivity index (χ0) is 16.7. The van der Waals surface area contributed by atoms with Gasteiger partial charge in [0.05, 0.1) is 17.7 Å². The molecule has 0 spiro atoms. The molecule has 0 bridgehead atoms. The number of rotatable bonds is 3. The molecule has 2 aromatic carbocycles. The number of nitrogens with zero attached hydrogens (tertiary/aromatic N) is 1. The van der Waals surface area contributed by atoms with Crippen LogP contribution >= 0.6 is 0 Å². The number of benzene rings is 2. The second kappa shape index (κ2) is 5.49. The molecule has 2 heterocycles. The molecule has 2 N–H and O–H groups in total. The Bertz CT molecular complexity index is 1020. The van der Waals surface area contributed by atoms with Crippen molar-refractivity contribution in [3.8, 4) is 5.75 Å². The molecule has 6 nitrogen and oxygen atoms in total. The molecule has 0 aliphatic carbocycles. The zero-order valence-corrected chi connectivity index (χ0v) is 12.7. The van der Waals surface area contributed by atoms with Gasteiger partial charge in [-0.2, -0.15) is 5.10 Å². The third kappa shape index (κ3) is 2.32. The summed E-state index contributed by atoms with van der Waals surface area (Å²) in [5, 5.41) is 17.4. The van der Waals surface area contributed by atoms with Gasteiger partial charge in [-0.15, -0.1) is 0 Å². The summed E-state index contributed by atoms with van der Waals surface area (Å²) >= 11 is 0. The van der Waals surface area contributed by atoms with Crippen LogP contribution in [0.1, 0.15) is 27.2 Å². The summed E-state index contributed by atoms with van der Waals surface area (Å²) in [6.45, 7) is 0.499. The van der Waals surface area contributed by atoms with Crippen molar-refractivity contribution in [3.63, 3.8) is 0 Å². The van der Waals surface area contributed by atoms with E-state index in [9.17, 15) is 14.7 Å². The van der Waals surface area contributed by atoms with Crippen LogP contribution in [0, 0.1) is 0 Å². The van der Waals surface area contributed by atoms with Gasteiger partial charge in [-0.3, -0.25) is 4.79 Å². The third-order valence-corrected chi connectivity index (χ3v) is 4.22. The lowest BCUT2D eigenvalue weighted by Crippen LogP contribution is -2.11. The first kappa shape index (κ1) is 14.4. The molecule has 1 aliphatic heterocycles. The van der Waals surface area contributed by atoms with E-state index in [1.54, 1.807) is 18.2 Å².